The van der Waals surface area contributed by atoms with Gasteiger partial charge in [-0.1, -0.05) is 29.9 Å². The van der Waals surface area contributed by atoms with Crippen molar-refractivity contribution in [2.24, 2.45) is 5.73 Å². The number of nitrogens with one attached hydrogen (secondary N) is 1. The van der Waals surface area contributed by atoms with E-state index in [1.165, 1.54) is 12.8 Å². The molecule has 1 aliphatic carbocycles. The largest absolute Gasteiger partial charge is 0.389 e. The topological polar surface area (TPSA) is 38.0 Å². The van der Waals surface area contributed by atoms with E-state index in [-0.39, 0.29) is 0 Å². The smallest absolute Gasteiger partial charge is 0.107 e. The zero-order valence-electron chi connectivity index (χ0n) is 7.59. The van der Waals surface area contributed by atoms with Crippen LogP contribution in [0.2, 0.25) is 5.02 Å². The molecule has 4 heteroatoms. The number of hydrogen-bond donors (Lipinski definition) is 2. The molecular formula is C10H11ClN2S. The van der Waals surface area contributed by atoms with Gasteiger partial charge in [0.25, 0.3) is 0 Å². The number of benzene rings is 1. The molecular weight excluding hydrogens is 216 g/mol. The van der Waals surface area contributed by atoms with E-state index in [2.05, 4.69) is 5.32 Å². The Balaban J connectivity index is 2.35. The molecule has 0 bridgehead atoms. The van der Waals surface area contributed by atoms with Gasteiger partial charge in [-0.2, -0.15) is 0 Å². The van der Waals surface area contributed by atoms with Crippen LogP contribution < -0.4 is 11.1 Å². The van der Waals surface area contributed by atoms with Crippen molar-refractivity contribution in [2.75, 3.05) is 5.32 Å². The lowest BCUT2D eigenvalue weighted by Crippen LogP contribution is -2.14. The van der Waals surface area contributed by atoms with Gasteiger partial charge >= 0.3 is 0 Å². The zero-order chi connectivity index (χ0) is 10.1. The van der Waals surface area contributed by atoms with E-state index in [4.69, 9.17) is 29.6 Å². The average molecular weight is 227 g/mol. The zero-order valence-corrected chi connectivity index (χ0v) is 9.16. The molecule has 0 saturated heterocycles. The van der Waals surface area contributed by atoms with Gasteiger partial charge in [0.05, 0.1) is 10.6 Å². The maximum Gasteiger partial charge on any atom is 0.107 e. The summed E-state index contributed by atoms with van der Waals surface area (Å²) in [6.45, 7) is 0. The summed E-state index contributed by atoms with van der Waals surface area (Å²) in [4.78, 5) is 0.346. The fraction of sp³-hybridized carbons (Fsp3) is 0.300. The Morgan fingerprint density at radius 3 is 2.79 bits per heavy atom. The van der Waals surface area contributed by atoms with E-state index in [1.807, 2.05) is 12.1 Å². The van der Waals surface area contributed by atoms with Crippen molar-refractivity contribution < 1.29 is 0 Å². The van der Waals surface area contributed by atoms with E-state index in [1.54, 1.807) is 6.07 Å². The van der Waals surface area contributed by atoms with E-state index in [9.17, 15) is 0 Å². The van der Waals surface area contributed by atoms with Gasteiger partial charge in [0.15, 0.2) is 0 Å². The number of anilines is 1. The van der Waals surface area contributed by atoms with Gasteiger partial charge in [-0.15, -0.1) is 0 Å². The van der Waals surface area contributed by atoms with Crippen molar-refractivity contribution in [2.45, 2.75) is 18.9 Å². The minimum absolute atomic E-state index is 0.346. The second kappa shape index (κ2) is 3.75. The molecule has 1 saturated carbocycles. The fourth-order valence-electron chi connectivity index (χ4n) is 1.34. The van der Waals surface area contributed by atoms with Crippen molar-refractivity contribution in [3.05, 3.63) is 28.8 Å². The standard InChI is InChI=1S/C10H11ClN2S/c11-7-2-1-3-8(9(7)10(12)14)13-6-4-5-6/h1-3,6,13H,4-5H2,(H2,12,14). The Morgan fingerprint density at radius 2 is 2.21 bits per heavy atom. The maximum absolute atomic E-state index is 6.02. The Kier molecular flexibility index (Phi) is 2.61. The normalized spacial score (nSPS) is 15.2. The Hall–Kier alpha value is -0.800. The average Bonchev–Trinajstić information content (AvgIpc) is 2.87. The lowest BCUT2D eigenvalue weighted by molar-refractivity contribution is 1.15. The van der Waals surface area contributed by atoms with Crippen molar-refractivity contribution in [3.8, 4) is 0 Å². The third-order valence-corrected chi connectivity index (χ3v) is 2.72. The summed E-state index contributed by atoms with van der Waals surface area (Å²) in [7, 11) is 0. The monoisotopic (exact) mass is 226 g/mol. The molecule has 2 nitrogen and oxygen atoms in total. The minimum atomic E-state index is 0.346. The Bertz CT molecular complexity index is 374. The lowest BCUT2D eigenvalue weighted by atomic mass is 10.1. The molecule has 2 rings (SSSR count). The van der Waals surface area contributed by atoms with Crippen LogP contribution in [0.4, 0.5) is 5.69 Å². The van der Waals surface area contributed by atoms with Crippen LogP contribution >= 0.6 is 23.8 Å². The van der Waals surface area contributed by atoms with Crippen LogP contribution in [0, 0.1) is 0 Å². The predicted octanol–water partition coefficient (Wildman–Crippen LogP) is 2.55. The van der Waals surface area contributed by atoms with Gasteiger partial charge in [-0.25, -0.2) is 0 Å². The highest BCUT2D eigenvalue weighted by atomic mass is 35.5. The van der Waals surface area contributed by atoms with Gasteiger partial charge in [-0.05, 0) is 25.0 Å². The van der Waals surface area contributed by atoms with E-state index in [0.717, 1.165) is 11.3 Å². The van der Waals surface area contributed by atoms with E-state index in [0.29, 0.717) is 16.1 Å². The quantitative estimate of drug-likeness (QED) is 0.778. The summed E-state index contributed by atoms with van der Waals surface area (Å²) in [5, 5.41) is 3.97. The Morgan fingerprint density at radius 1 is 1.50 bits per heavy atom. The van der Waals surface area contributed by atoms with Gasteiger partial charge in [0.1, 0.15) is 4.99 Å². The molecule has 1 aliphatic rings. The summed E-state index contributed by atoms with van der Waals surface area (Å²) in [5.41, 5.74) is 7.33. The highest BCUT2D eigenvalue weighted by molar-refractivity contribution is 7.80. The number of hydrogen-bond acceptors (Lipinski definition) is 2. The fourth-order valence-corrected chi connectivity index (χ4v) is 1.89. The molecule has 0 spiro atoms. The van der Waals surface area contributed by atoms with Gasteiger partial charge in [0, 0.05) is 11.7 Å². The highest BCUT2D eigenvalue weighted by Gasteiger charge is 2.22. The summed E-state index contributed by atoms with van der Waals surface area (Å²) in [6, 6.07) is 6.23. The first kappa shape index (κ1) is 9.74. The SMILES string of the molecule is NC(=S)c1c(Cl)cccc1NC1CC1. The molecule has 0 aromatic heterocycles. The van der Waals surface area contributed by atoms with Gasteiger partial charge < -0.3 is 11.1 Å². The minimum Gasteiger partial charge on any atom is -0.389 e. The van der Waals surface area contributed by atoms with Crippen molar-refractivity contribution in [1.29, 1.82) is 0 Å². The lowest BCUT2D eigenvalue weighted by Gasteiger charge is -2.11. The molecule has 0 heterocycles. The second-order valence-electron chi connectivity index (χ2n) is 3.45. The third-order valence-electron chi connectivity index (χ3n) is 2.20. The van der Waals surface area contributed by atoms with Crippen LogP contribution in [0.1, 0.15) is 18.4 Å². The predicted molar refractivity (Wildman–Crippen MR) is 64.0 cm³/mol. The summed E-state index contributed by atoms with van der Waals surface area (Å²) in [5.74, 6) is 0. The Labute approximate surface area is 93.4 Å². The third kappa shape index (κ3) is 1.99. The molecule has 0 unspecified atom stereocenters. The van der Waals surface area contributed by atoms with Crippen LogP contribution in [0.25, 0.3) is 0 Å². The first-order chi connectivity index (χ1) is 6.68. The first-order valence-electron chi connectivity index (χ1n) is 4.53. The van der Waals surface area contributed by atoms with Crippen LogP contribution in [0.15, 0.2) is 18.2 Å². The summed E-state index contributed by atoms with van der Waals surface area (Å²) < 4.78 is 0. The number of nitrogens with two attached hydrogens (primary N) is 1. The molecule has 1 fully saturated rings. The molecule has 0 radical (unpaired) electrons. The number of halogens is 1. The van der Waals surface area contributed by atoms with E-state index >= 15 is 0 Å². The van der Waals surface area contributed by atoms with E-state index < -0.39 is 0 Å². The van der Waals surface area contributed by atoms with Crippen LogP contribution in [-0.4, -0.2) is 11.0 Å². The first-order valence-corrected chi connectivity index (χ1v) is 5.32. The molecule has 0 aliphatic heterocycles. The van der Waals surface area contributed by atoms with Crippen LogP contribution in [-0.2, 0) is 0 Å². The molecule has 74 valence electrons. The molecule has 0 amide bonds. The van der Waals surface area contributed by atoms with Gasteiger partial charge in [0.2, 0.25) is 0 Å². The van der Waals surface area contributed by atoms with Crippen molar-refractivity contribution >= 4 is 34.5 Å². The highest BCUT2D eigenvalue weighted by Crippen LogP contribution is 2.30. The molecule has 3 N–H and O–H groups in total. The molecule has 1 aromatic rings. The molecule has 14 heavy (non-hydrogen) atoms. The van der Waals surface area contributed by atoms with Crippen molar-refractivity contribution in [1.82, 2.24) is 0 Å². The van der Waals surface area contributed by atoms with Crippen LogP contribution in [0.5, 0.6) is 0 Å². The van der Waals surface area contributed by atoms with Crippen LogP contribution in [0.3, 0.4) is 0 Å². The summed E-state index contributed by atoms with van der Waals surface area (Å²) in [6.07, 6.45) is 2.42. The number of rotatable bonds is 3. The maximum atomic E-state index is 6.02. The summed E-state index contributed by atoms with van der Waals surface area (Å²) >= 11 is 11.0. The molecule has 0 atom stereocenters. The number of thiocarbonyl (C=S) groups is 1. The van der Waals surface area contributed by atoms with Gasteiger partial charge in [-0.3, -0.25) is 0 Å². The second-order valence-corrected chi connectivity index (χ2v) is 4.29. The van der Waals surface area contributed by atoms with Crippen molar-refractivity contribution in [3.63, 3.8) is 0 Å². The molecule has 1 aromatic carbocycles.